The van der Waals surface area contributed by atoms with E-state index >= 15 is 0 Å². The fourth-order valence-electron chi connectivity index (χ4n) is 4.05. The highest BCUT2D eigenvalue weighted by Crippen LogP contribution is 2.28. The van der Waals surface area contributed by atoms with Crippen molar-refractivity contribution < 1.29 is 17.9 Å². The van der Waals surface area contributed by atoms with Crippen LogP contribution in [0.15, 0.2) is 22.5 Å². The largest absolute Gasteiger partial charge is 0.379 e. The van der Waals surface area contributed by atoms with Gasteiger partial charge in [0.25, 0.3) is 0 Å². The smallest absolute Gasteiger partial charge is 0.242 e. The molecule has 2 aliphatic heterocycles. The Bertz CT molecular complexity index is 1020. The van der Waals surface area contributed by atoms with Crippen molar-refractivity contribution in [2.75, 3.05) is 52.5 Å². The number of carbonyl (C=O) groups is 1. The molecule has 0 spiro atoms. The molecule has 0 bridgehead atoms. The molecule has 2 fully saturated rings. The van der Waals surface area contributed by atoms with E-state index in [2.05, 4.69) is 14.6 Å². The van der Waals surface area contributed by atoms with Gasteiger partial charge < -0.3 is 14.2 Å². The fourth-order valence-corrected chi connectivity index (χ4v) is 5.94. The van der Waals surface area contributed by atoms with E-state index in [1.54, 1.807) is 16.8 Å². The summed E-state index contributed by atoms with van der Waals surface area (Å²) in [6.07, 6.45) is 4.74. The summed E-state index contributed by atoms with van der Waals surface area (Å²) in [4.78, 5) is 21.6. The first-order valence-corrected chi connectivity index (χ1v) is 13.5. The van der Waals surface area contributed by atoms with E-state index in [4.69, 9.17) is 4.74 Å². The van der Waals surface area contributed by atoms with Crippen molar-refractivity contribution in [2.45, 2.75) is 37.6 Å². The minimum Gasteiger partial charge on any atom is -0.379 e. The number of aromatic nitrogens is 2. The van der Waals surface area contributed by atoms with Crippen molar-refractivity contribution in [2.24, 2.45) is 0 Å². The quantitative estimate of drug-likeness (QED) is 0.615. The number of likely N-dealkylation sites (tertiary alicyclic amines) is 1. The lowest BCUT2D eigenvalue weighted by Crippen LogP contribution is -2.41. The van der Waals surface area contributed by atoms with E-state index in [1.807, 2.05) is 17.2 Å². The molecule has 11 heteroatoms. The van der Waals surface area contributed by atoms with Crippen molar-refractivity contribution in [3.63, 3.8) is 0 Å². The first kappa shape index (κ1) is 23.4. The molecule has 0 saturated carbocycles. The van der Waals surface area contributed by atoms with Crippen LogP contribution in [0, 0.1) is 6.92 Å². The molecular formula is C21H31N5O4S2. The highest BCUT2D eigenvalue weighted by atomic mass is 32.2. The van der Waals surface area contributed by atoms with Gasteiger partial charge in [-0.2, -0.15) is 0 Å². The van der Waals surface area contributed by atoms with E-state index in [9.17, 15) is 13.2 Å². The summed E-state index contributed by atoms with van der Waals surface area (Å²) in [6.45, 7) is 7.47. The van der Waals surface area contributed by atoms with E-state index in [-0.39, 0.29) is 17.3 Å². The summed E-state index contributed by atoms with van der Waals surface area (Å²) < 4.78 is 35.7. The topological polar surface area (TPSA) is 96.8 Å². The number of nitrogens with zero attached hydrogens (tertiary/aromatic N) is 4. The number of amides is 1. The molecule has 2 aliphatic rings. The van der Waals surface area contributed by atoms with E-state index in [0.717, 1.165) is 51.1 Å². The average Bonchev–Trinajstić information content (AvgIpc) is 3.41. The number of thiazole rings is 1. The van der Waals surface area contributed by atoms with Gasteiger partial charge in [0, 0.05) is 56.5 Å². The summed E-state index contributed by atoms with van der Waals surface area (Å²) in [5, 5.41) is 2.64. The zero-order valence-corrected chi connectivity index (χ0v) is 20.1. The zero-order chi connectivity index (χ0) is 22.6. The number of rotatable bonds is 8. The lowest BCUT2D eigenvalue weighted by atomic mass is 10.1. The number of hydrogen-bond donors (Lipinski definition) is 1. The average molecular weight is 482 g/mol. The van der Waals surface area contributed by atoms with Crippen LogP contribution in [0.5, 0.6) is 0 Å². The number of piperidine rings is 1. The second-order valence-electron chi connectivity index (χ2n) is 8.28. The summed E-state index contributed by atoms with van der Waals surface area (Å²) in [6, 6.07) is 1.62. The molecule has 0 unspecified atom stereocenters. The first-order chi connectivity index (χ1) is 15.4. The van der Waals surface area contributed by atoms with Crippen molar-refractivity contribution in [1.29, 1.82) is 0 Å². The monoisotopic (exact) mass is 481 g/mol. The van der Waals surface area contributed by atoms with Crippen molar-refractivity contribution in [3.8, 4) is 10.7 Å². The lowest BCUT2D eigenvalue weighted by Gasteiger charge is -2.27. The second kappa shape index (κ2) is 10.4. The van der Waals surface area contributed by atoms with E-state index in [0.29, 0.717) is 37.0 Å². The maximum Gasteiger partial charge on any atom is 0.242 e. The van der Waals surface area contributed by atoms with Crippen LogP contribution in [0.3, 0.4) is 0 Å². The highest BCUT2D eigenvalue weighted by Gasteiger charge is 2.24. The Morgan fingerprint density at radius 3 is 2.62 bits per heavy atom. The van der Waals surface area contributed by atoms with Gasteiger partial charge in [-0.3, -0.25) is 9.69 Å². The second-order valence-corrected chi connectivity index (χ2v) is 10.9. The number of sulfonamides is 1. The van der Waals surface area contributed by atoms with Crippen LogP contribution in [-0.4, -0.2) is 86.2 Å². The predicted octanol–water partition coefficient (Wildman–Crippen LogP) is 1.54. The van der Waals surface area contributed by atoms with Crippen LogP contribution in [0.1, 0.15) is 25.0 Å². The van der Waals surface area contributed by atoms with Crippen LogP contribution in [0.2, 0.25) is 0 Å². The molecule has 1 amide bonds. The Morgan fingerprint density at radius 1 is 1.19 bits per heavy atom. The van der Waals surface area contributed by atoms with Gasteiger partial charge in [-0.1, -0.05) is 0 Å². The minimum atomic E-state index is -3.70. The number of nitrogens with one attached hydrogen (secondary N) is 1. The van der Waals surface area contributed by atoms with Gasteiger partial charge in [-0.15, -0.1) is 11.3 Å². The molecule has 176 valence electrons. The minimum absolute atomic E-state index is 0.0130. The molecule has 9 nitrogen and oxygen atoms in total. The van der Waals surface area contributed by atoms with E-state index in [1.165, 1.54) is 11.3 Å². The SMILES string of the molecule is Cc1csc(-c2cc(S(=O)(=O)NCCN3CCOCC3)cn2CC(=O)N2CCCCC2)n1. The molecule has 0 radical (unpaired) electrons. The number of aryl methyl sites for hydroxylation is 1. The number of morpholine rings is 1. The number of ether oxygens (including phenoxy) is 1. The molecular weight excluding hydrogens is 450 g/mol. The summed E-state index contributed by atoms with van der Waals surface area (Å²) in [7, 11) is -3.70. The summed E-state index contributed by atoms with van der Waals surface area (Å²) in [5.74, 6) is 0.0130. The Balaban J connectivity index is 1.50. The first-order valence-electron chi connectivity index (χ1n) is 11.1. The lowest BCUT2D eigenvalue weighted by molar-refractivity contribution is -0.132. The molecule has 1 N–H and O–H groups in total. The van der Waals surface area contributed by atoms with Gasteiger partial charge in [-0.05, 0) is 32.3 Å². The molecule has 4 rings (SSSR count). The van der Waals surface area contributed by atoms with Gasteiger partial charge in [0.05, 0.1) is 18.9 Å². The Hall–Kier alpha value is -1.79. The van der Waals surface area contributed by atoms with Gasteiger partial charge in [0.2, 0.25) is 15.9 Å². The third-order valence-electron chi connectivity index (χ3n) is 5.86. The molecule has 4 heterocycles. The van der Waals surface area contributed by atoms with Crippen LogP contribution in [0.4, 0.5) is 0 Å². The van der Waals surface area contributed by atoms with Gasteiger partial charge in [-0.25, -0.2) is 18.1 Å². The molecule has 32 heavy (non-hydrogen) atoms. The van der Waals surface area contributed by atoms with Crippen LogP contribution < -0.4 is 4.72 Å². The Kier molecular flexibility index (Phi) is 7.62. The molecule has 2 aromatic heterocycles. The van der Waals surface area contributed by atoms with Crippen LogP contribution >= 0.6 is 11.3 Å². The van der Waals surface area contributed by atoms with Gasteiger partial charge in [0.1, 0.15) is 16.4 Å². The Labute approximate surface area is 193 Å². The van der Waals surface area contributed by atoms with Crippen molar-refractivity contribution in [1.82, 2.24) is 24.1 Å². The Morgan fingerprint density at radius 2 is 1.94 bits per heavy atom. The number of carbonyl (C=O) groups excluding carboxylic acids is 1. The molecule has 2 saturated heterocycles. The normalized spacial score (nSPS) is 18.2. The molecule has 2 aromatic rings. The standard InChI is InChI=1S/C21H31N5O4S2/c1-17-16-31-21(23-17)19-13-18(14-26(19)15-20(27)25-6-3-2-4-7-25)32(28,29)22-5-8-24-9-11-30-12-10-24/h13-14,16,22H,2-12,15H2,1H3. The highest BCUT2D eigenvalue weighted by molar-refractivity contribution is 7.89. The van der Waals surface area contributed by atoms with Gasteiger partial charge in [0.15, 0.2) is 0 Å². The van der Waals surface area contributed by atoms with E-state index < -0.39 is 10.0 Å². The number of hydrogen-bond acceptors (Lipinski definition) is 7. The fraction of sp³-hybridized carbons (Fsp3) is 0.619. The molecule has 0 aliphatic carbocycles. The molecule has 0 atom stereocenters. The summed E-state index contributed by atoms with van der Waals surface area (Å²) >= 11 is 1.45. The van der Waals surface area contributed by atoms with Gasteiger partial charge >= 0.3 is 0 Å². The molecule has 0 aromatic carbocycles. The third kappa shape index (κ3) is 5.76. The third-order valence-corrected chi connectivity index (χ3v) is 8.27. The maximum atomic E-state index is 13.0. The van der Waals surface area contributed by atoms with Crippen molar-refractivity contribution in [3.05, 3.63) is 23.3 Å². The maximum absolute atomic E-state index is 13.0. The predicted molar refractivity (Wildman–Crippen MR) is 123 cm³/mol. The zero-order valence-electron chi connectivity index (χ0n) is 18.5. The van der Waals surface area contributed by atoms with Crippen molar-refractivity contribution >= 4 is 27.3 Å². The van der Waals surface area contributed by atoms with Crippen LogP contribution in [-0.2, 0) is 26.1 Å². The summed E-state index contributed by atoms with van der Waals surface area (Å²) in [5.41, 5.74) is 1.52. The van der Waals surface area contributed by atoms with Crippen LogP contribution in [0.25, 0.3) is 10.7 Å².